The Kier molecular flexibility index (Phi) is 5.14. The topological polar surface area (TPSA) is 41.4 Å². The van der Waals surface area contributed by atoms with Gasteiger partial charge in [-0.3, -0.25) is 9.69 Å². The van der Waals surface area contributed by atoms with Crippen LogP contribution in [0.1, 0.15) is 48.3 Å². The van der Waals surface area contributed by atoms with Gasteiger partial charge >= 0.3 is 0 Å². The number of likely N-dealkylation sites (tertiary alicyclic amines) is 2. The lowest BCUT2D eigenvalue weighted by atomic mass is 9.98. The first-order valence-electron chi connectivity index (χ1n) is 10.7. The summed E-state index contributed by atoms with van der Waals surface area (Å²) in [5.41, 5.74) is 2.40. The average molecular weight is 409 g/mol. The molecule has 1 amide bonds. The Labute approximate surface area is 175 Å². The largest absolute Gasteiger partial charge is 0.353 e. The number of nitrogens with zero attached hydrogens (tertiary/aromatic N) is 4. The first kappa shape index (κ1) is 18.8. The normalized spacial score (nSPS) is 23.1. The van der Waals surface area contributed by atoms with Crippen molar-refractivity contribution in [1.82, 2.24) is 19.4 Å². The van der Waals surface area contributed by atoms with Crippen molar-refractivity contribution in [2.24, 2.45) is 7.05 Å². The van der Waals surface area contributed by atoms with Crippen LogP contribution in [0.25, 0.3) is 10.2 Å². The van der Waals surface area contributed by atoms with Gasteiger partial charge in [0.1, 0.15) is 0 Å². The van der Waals surface area contributed by atoms with E-state index in [1.54, 1.807) is 11.3 Å². The third-order valence-electron chi connectivity index (χ3n) is 6.46. The molecular weight excluding hydrogens is 380 g/mol. The van der Waals surface area contributed by atoms with Crippen molar-refractivity contribution < 1.29 is 4.79 Å². The molecule has 0 bridgehead atoms. The second-order valence-corrected chi connectivity index (χ2v) is 9.43. The number of aromatic nitrogens is 2. The predicted octanol–water partition coefficient (Wildman–Crippen LogP) is 4.18. The van der Waals surface area contributed by atoms with E-state index in [1.165, 1.54) is 15.4 Å². The van der Waals surface area contributed by atoms with E-state index < -0.39 is 0 Å². The molecule has 0 spiro atoms. The standard InChI is InChI=1S/C23H28N4OS/c1-25-12-5-9-19(25)20-10-6-13-26(20)16-22(28)27-14-4-7-17(15-27)23-24-18-8-2-3-11-21(18)29-23/h2-3,5,8-9,11-12,17,20H,4,6-7,10,13-16H2,1H3/t17-,20-/m1/s1. The van der Waals surface area contributed by atoms with E-state index in [2.05, 4.69) is 57.9 Å². The number of carbonyl (C=O) groups excluding carboxylic acids is 1. The quantitative estimate of drug-likeness (QED) is 0.650. The summed E-state index contributed by atoms with van der Waals surface area (Å²) in [6, 6.07) is 13.0. The highest BCUT2D eigenvalue weighted by molar-refractivity contribution is 7.18. The predicted molar refractivity (Wildman–Crippen MR) is 117 cm³/mol. The number of para-hydroxylation sites is 1. The second-order valence-electron chi connectivity index (χ2n) is 8.37. The Hall–Kier alpha value is -2.18. The Morgan fingerprint density at radius 3 is 2.83 bits per heavy atom. The smallest absolute Gasteiger partial charge is 0.236 e. The molecule has 2 saturated heterocycles. The number of aryl methyl sites for hydroxylation is 1. The summed E-state index contributed by atoms with van der Waals surface area (Å²) in [5.74, 6) is 0.643. The van der Waals surface area contributed by atoms with Crippen LogP contribution in [-0.4, -0.2) is 51.4 Å². The maximum atomic E-state index is 13.2. The highest BCUT2D eigenvalue weighted by Gasteiger charge is 2.32. The van der Waals surface area contributed by atoms with Crippen molar-refractivity contribution in [3.05, 3.63) is 53.3 Å². The molecule has 0 saturated carbocycles. The molecule has 2 aromatic heterocycles. The summed E-state index contributed by atoms with van der Waals surface area (Å²) in [7, 11) is 2.10. The van der Waals surface area contributed by atoms with Crippen LogP contribution in [0.15, 0.2) is 42.6 Å². The Morgan fingerprint density at radius 1 is 1.14 bits per heavy atom. The second kappa shape index (κ2) is 7.92. The molecule has 6 heteroatoms. The molecule has 2 aliphatic heterocycles. The summed E-state index contributed by atoms with van der Waals surface area (Å²) >= 11 is 1.79. The molecule has 4 heterocycles. The molecule has 3 aromatic rings. The van der Waals surface area contributed by atoms with Crippen molar-refractivity contribution in [3.8, 4) is 0 Å². The molecular formula is C23H28N4OS. The summed E-state index contributed by atoms with van der Waals surface area (Å²) in [6.45, 7) is 3.23. The van der Waals surface area contributed by atoms with Gasteiger partial charge in [-0.1, -0.05) is 12.1 Å². The molecule has 0 aliphatic carbocycles. The molecule has 152 valence electrons. The van der Waals surface area contributed by atoms with Crippen LogP contribution >= 0.6 is 11.3 Å². The van der Waals surface area contributed by atoms with Crippen molar-refractivity contribution in [2.45, 2.75) is 37.6 Å². The van der Waals surface area contributed by atoms with Crippen LogP contribution in [0.2, 0.25) is 0 Å². The van der Waals surface area contributed by atoms with Gasteiger partial charge in [-0.05, 0) is 56.5 Å². The van der Waals surface area contributed by atoms with Crippen molar-refractivity contribution in [3.63, 3.8) is 0 Å². The molecule has 0 N–H and O–H groups in total. The molecule has 2 fully saturated rings. The first-order chi connectivity index (χ1) is 14.2. The number of hydrogen-bond donors (Lipinski definition) is 0. The van der Waals surface area contributed by atoms with Gasteiger partial charge in [0.15, 0.2) is 0 Å². The molecule has 0 radical (unpaired) electrons. The van der Waals surface area contributed by atoms with Crippen LogP contribution in [0, 0.1) is 0 Å². The zero-order chi connectivity index (χ0) is 19.8. The molecule has 29 heavy (non-hydrogen) atoms. The Morgan fingerprint density at radius 2 is 2.00 bits per heavy atom. The molecule has 5 rings (SSSR count). The van der Waals surface area contributed by atoms with Gasteiger partial charge in [-0.2, -0.15) is 0 Å². The summed E-state index contributed by atoms with van der Waals surface area (Å²) in [4.78, 5) is 22.5. The minimum Gasteiger partial charge on any atom is -0.353 e. The number of carbonyl (C=O) groups is 1. The first-order valence-corrected chi connectivity index (χ1v) is 11.5. The van der Waals surface area contributed by atoms with Gasteiger partial charge in [-0.15, -0.1) is 11.3 Å². The van der Waals surface area contributed by atoms with E-state index in [1.807, 2.05) is 6.07 Å². The van der Waals surface area contributed by atoms with E-state index in [0.29, 0.717) is 18.5 Å². The van der Waals surface area contributed by atoms with Crippen LogP contribution in [0.3, 0.4) is 0 Å². The molecule has 5 nitrogen and oxygen atoms in total. The third kappa shape index (κ3) is 3.71. The number of rotatable bonds is 4. The Balaban J connectivity index is 1.27. The lowest BCUT2D eigenvalue weighted by Gasteiger charge is -2.34. The monoisotopic (exact) mass is 408 g/mol. The van der Waals surface area contributed by atoms with Gasteiger partial charge < -0.3 is 9.47 Å². The highest BCUT2D eigenvalue weighted by atomic mass is 32.1. The van der Waals surface area contributed by atoms with E-state index >= 15 is 0 Å². The van der Waals surface area contributed by atoms with Crippen LogP contribution in [-0.2, 0) is 11.8 Å². The van der Waals surface area contributed by atoms with E-state index in [-0.39, 0.29) is 5.91 Å². The van der Waals surface area contributed by atoms with Crippen LogP contribution in [0.5, 0.6) is 0 Å². The van der Waals surface area contributed by atoms with Crippen molar-refractivity contribution in [1.29, 1.82) is 0 Å². The molecule has 2 atom stereocenters. The molecule has 1 aromatic carbocycles. The Bertz CT molecular complexity index is 976. The molecule has 2 aliphatic rings. The average Bonchev–Trinajstić information content (AvgIpc) is 3.47. The van der Waals surface area contributed by atoms with Gasteiger partial charge in [0.25, 0.3) is 0 Å². The minimum atomic E-state index is 0.275. The highest BCUT2D eigenvalue weighted by Crippen LogP contribution is 2.34. The van der Waals surface area contributed by atoms with E-state index in [0.717, 1.165) is 50.8 Å². The fraction of sp³-hybridized carbons (Fsp3) is 0.478. The number of thiazole rings is 1. The number of amides is 1. The number of hydrogen-bond acceptors (Lipinski definition) is 4. The van der Waals surface area contributed by atoms with Gasteiger partial charge in [0, 0.05) is 37.9 Å². The van der Waals surface area contributed by atoms with Crippen LogP contribution in [0.4, 0.5) is 0 Å². The SMILES string of the molecule is Cn1cccc1[C@H]1CCCN1CC(=O)N1CCC[C@@H](c2nc3ccccc3s2)C1. The van der Waals surface area contributed by atoms with Crippen LogP contribution < -0.4 is 0 Å². The zero-order valence-electron chi connectivity index (χ0n) is 17.0. The fourth-order valence-corrected chi connectivity index (χ4v) is 6.01. The number of fused-ring (bicyclic) bond motifs is 1. The maximum absolute atomic E-state index is 13.2. The third-order valence-corrected chi connectivity index (χ3v) is 7.66. The van der Waals surface area contributed by atoms with Gasteiger partial charge in [0.05, 0.1) is 27.8 Å². The summed E-state index contributed by atoms with van der Waals surface area (Å²) in [5, 5.41) is 1.19. The minimum absolute atomic E-state index is 0.275. The zero-order valence-corrected chi connectivity index (χ0v) is 17.8. The van der Waals surface area contributed by atoms with Crippen molar-refractivity contribution >= 4 is 27.5 Å². The number of piperidine rings is 1. The van der Waals surface area contributed by atoms with Gasteiger partial charge in [0.2, 0.25) is 5.91 Å². The maximum Gasteiger partial charge on any atom is 0.236 e. The number of benzene rings is 1. The lowest BCUT2D eigenvalue weighted by molar-refractivity contribution is -0.133. The summed E-state index contributed by atoms with van der Waals surface area (Å²) in [6.07, 6.45) is 6.59. The van der Waals surface area contributed by atoms with Crippen molar-refractivity contribution in [2.75, 3.05) is 26.2 Å². The lowest BCUT2D eigenvalue weighted by Crippen LogP contribution is -2.44. The molecule has 0 unspecified atom stereocenters. The van der Waals surface area contributed by atoms with Gasteiger partial charge in [-0.25, -0.2) is 4.98 Å². The fourth-order valence-electron chi connectivity index (χ4n) is 4.91. The van der Waals surface area contributed by atoms with E-state index in [9.17, 15) is 4.79 Å². The van der Waals surface area contributed by atoms with E-state index in [4.69, 9.17) is 4.98 Å². The summed E-state index contributed by atoms with van der Waals surface area (Å²) < 4.78 is 3.44.